The Morgan fingerprint density at radius 3 is 2.78 bits per heavy atom. The first kappa shape index (κ1) is 13.5. The normalized spacial score (nSPS) is 20.6. The number of pyridine rings is 1. The maximum absolute atomic E-state index is 5.47. The van der Waals surface area contributed by atoms with Crippen molar-refractivity contribution in [3.8, 4) is 0 Å². The van der Waals surface area contributed by atoms with Crippen LogP contribution in [0.5, 0.6) is 0 Å². The molecule has 1 aliphatic heterocycles. The molecule has 1 aliphatic rings. The molecule has 1 aromatic rings. The summed E-state index contributed by atoms with van der Waals surface area (Å²) >= 11 is 0. The summed E-state index contributed by atoms with van der Waals surface area (Å²) < 4.78 is 5.47. The molecule has 1 saturated heterocycles. The van der Waals surface area contributed by atoms with Crippen LogP contribution < -0.4 is 5.32 Å². The molecular formula is C15H24N2O. The highest BCUT2D eigenvalue weighted by atomic mass is 16.5. The molecule has 3 heteroatoms. The zero-order valence-corrected chi connectivity index (χ0v) is 11.4. The highest BCUT2D eigenvalue weighted by Crippen LogP contribution is 2.28. The number of likely N-dealkylation sites (N-methyl/N-ethyl adjacent to an activating group) is 1. The lowest BCUT2D eigenvalue weighted by Gasteiger charge is -2.34. The quantitative estimate of drug-likeness (QED) is 0.869. The average Bonchev–Trinajstić information content (AvgIpc) is 2.46. The molecule has 0 radical (unpaired) electrons. The van der Waals surface area contributed by atoms with Crippen LogP contribution >= 0.6 is 0 Å². The molecule has 0 bridgehead atoms. The van der Waals surface area contributed by atoms with Crippen molar-refractivity contribution in [3.05, 3.63) is 30.1 Å². The van der Waals surface area contributed by atoms with Gasteiger partial charge in [0, 0.05) is 37.1 Å². The number of rotatable bonds is 5. The van der Waals surface area contributed by atoms with Gasteiger partial charge in [-0.1, -0.05) is 19.9 Å². The van der Waals surface area contributed by atoms with E-state index in [0.717, 1.165) is 32.6 Å². The van der Waals surface area contributed by atoms with E-state index in [2.05, 4.69) is 36.3 Å². The van der Waals surface area contributed by atoms with Gasteiger partial charge in [0.2, 0.25) is 0 Å². The fourth-order valence-corrected chi connectivity index (χ4v) is 2.89. The van der Waals surface area contributed by atoms with Crippen LogP contribution in [-0.4, -0.2) is 30.8 Å². The van der Waals surface area contributed by atoms with Crippen LogP contribution in [-0.2, 0) is 4.74 Å². The minimum Gasteiger partial charge on any atom is -0.381 e. The number of hydrogen-bond acceptors (Lipinski definition) is 3. The molecule has 2 atom stereocenters. The van der Waals surface area contributed by atoms with Crippen LogP contribution in [0.1, 0.15) is 38.3 Å². The van der Waals surface area contributed by atoms with E-state index in [-0.39, 0.29) is 0 Å². The van der Waals surface area contributed by atoms with Crippen LogP contribution in [0.2, 0.25) is 0 Å². The minimum absolute atomic E-state index is 0.453. The first-order chi connectivity index (χ1) is 8.83. The first-order valence-electron chi connectivity index (χ1n) is 7.05. The average molecular weight is 248 g/mol. The van der Waals surface area contributed by atoms with Gasteiger partial charge >= 0.3 is 0 Å². The SMILES string of the molecule is CCNC(C1CCOCC1)C(C)c1ccccn1. The summed E-state index contributed by atoms with van der Waals surface area (Å²) in [5, 5.41) is 3.66. The van der Waals surface area contributed by atoms with Crippen LogP contribution in [0.4, 0.5) is 0 Å². The van der Waals surface area contributed by atoms with Gasteiger partial charge in [-0.3, -0.25) is 4.98 Å². The Morgan fingerprint density at radius 1 is 1.39 bits per heavy atom. The molecule has 0 aliphatic carbocycles. The highest BCUT2D eigenvalue weighted by molar-refractivity contribution is 5.12. The van der Waals surface area contributed by atoms with Crippen LogP contribution in [0.15, 0.2) is 24.4 Å². The Kier molecular flexibility index (Phi) is 5.14. The molecule has 0 saturated carbocycles. The van der Waals surface area contributed by atoms with Crippen molar-refractivity contribution < 1.29 is 4.74 Å². The second-order valence-electron chi connectivity index (χ2n) is 5.08. The molecular weight excluding hydrogens is 224 g/mol. The Labute approximate surface area is 110 Å². The fraction of sp³-hybridized carbons (Fsp3) is 0.667. The monoisotopic (exact) mass is 248 g/mol. The van der Waals surface area contributed by atoms with E-state index >= 15 is 0 Å². The molecule has 1 aromatic heterocycles. The van der Waals surface area contributed by atoms with E-state index in [4.69, 9.17) is 4.74 Å². The molecule has 1 N–H and O–H groups in total. The number of nitrogens with zero attached hydrogens (tertiary/aromatic N) is 1. The molecule has 1 fully saturated rings. The smallest absolute Gasteiger partial charge is 0.0469 e. The van der Waals surface area contributed by atoms with Crippen LogP contribution in [0.25, 0.3) is 0 Å². The number of hydrogen-bond donors (Lipinski definition) is 1. The predicted molar refractivity (Wildman–Crippen MR) is 73.7 cm³/mol. The molecule has 2 rings (SSSR count). The Bertz CT molecular complexity index is 336. The molecule has 0 spiro atoms. The van der Waals surface area contributed by atoms with Crippen LogP contribution in [0, 0.1) is 5.92 Å². The van der Waals surface area contributed by atoms with Crippen molar-refractivity contribution >= 4 is 0 Å². The third-order valence-corrected chi connectivity index (χ3v) is 3.91. The van der Waals surface area contributed by atoms with Gasteiger partial charge in [-0.2, -0.15) is 0 Å². The summed E-state index contributed by atoms with van der Waals surface area (Å²) in [4.78, 5) is 4.51. The van der Waals surface area contributed by atoms with Crippen LogP contribution in [0.3, 0.4) is 0 Å². The molecule has 3 nitrogen and oxygen atoms in total. The summed E-state index contributed by atoms with van der Waals surface area (Å²) in [6, 6.07) is 6.70. The third-order valence-electron chi connectivity index (χ3n) is 3.91. The maximum atomic E-state index is 5.47. The third kappa shape index (κ3) is 3.30. The molecule has 0 aromatic carbocycles. The van der Waals surface area contributed by atoms with Gasteiger partial charge in [0.1, 0.15) is 0 Å². The van der Waals surface area contributed by atoms with Gasteiger partial charge in [0.05, 0.1) is 0 Å². The van der Waals surface area contributed by atoms with Crippen molar-refractivity contribution in [1.29, 1.82) is 0 Å². The lowest BCUT2D eigenvalue weighted by Crippen LogP contribution is -2.42. The second kappa shape index (κ2) is 6.86. The number of aromatic nitrogens is 1. The highest BCUT2D eigenvalue weighted by Gasteiger charge is 2.29. The van der Waals surface area contributed by atoms with E-state index in [1.165, 1.54) is 5.69 Å². The molecule has 2 heterocycles. The van der Waals surface area contributed by atoms with E-state index in [9.17, 15) is 0 Å². The Morgan fingerprint density at radius 2 is 2.17 bits per heavy atom. The van der Waals surface area contributed by atoms with E-state index in [0.29, 0.717) is 17.9 Å². The van der Waals surface area contributed by atoms with E-state index < -0.39 is 0 Å². The van der Waals surface area contributed by atoms with Gasteiger partial charge in [-0.15, -0.1) is 0 Å². The van der Waals surface area contributed by atoms with Crippen molar-refractivity contribution in [2.45, 2.75) is 38.6 Å². The minimum atomic E-state index is 0.453. The molecule has 0 amide bonds. The predicted octanol–water partition coefficient (Wildman–Crippen LogP) is 2.59. The largest absolute Gasteiger partial charge is 0.381 e. The summed E-state index contributed by atoms with van der Waals surface area (Å²) in [7, 11) is 0. The molecule has 100 valence electrons. The summed E-state index contributed by atoms with van der Waals surface area (Å²) in [5.74, 6) is 1.16. The van der Waals surface area contributed by atoms with E-state index in [1.54, 1.807) is 0 Å². The maximum Gasteiger partial charge on any atom is 0.0469 e. The van der Waals surface area contributed by atoms with Gasteiger partial charge in [0.15, 0.2) is 0 Å². The van der Waals surface area contributed by atoms with Crippen molar-refractivity contribution in [3.63, 3.8) is 0 Å². The number of nitrogens with one attached hydrogen (secondary N) is 1. The standard InChI is InChI=1S/C15H24N2O/c1-3-16-15(13-7-10-18-11-8-13)12(2)14-6-4-5-9-17-14/h4-6,9,12-13,15-16H,3,7-8,10-11H2,1-2H3. The number of ether oxygens (including phenoxy) is 1. The van der Waals surface area contributed by atoms with E-state index in [1.807, 2.05) is 12.3 Å². The van der Waals surface area contributed by atoms with Gasteiger partial charge in [-0.05, 0) is 37.4 Å². The van der Waals surface area contributed by atoms with Crippen molar-refractivity contribution in [2.75, 3.05) is 19.8 Å². The zero-order chi connectivity index (χ0) is 12.8. The summed E-state index contributed by atoms with van der Waals surface area (Å²) in [5.41, 5.74) is 1.19. The summed E-state index contributed by atoms with van der Waals surface area (Å²) in [6.07, 6.45) is 4.21. The first-order valence-corrected chi connectivity index (χ1v) is 7.05. The topological polar surface area (TPSA) is 34.1 Å². The van der Waals surface area contributed by atoms with Gasteiger partial charge in [0.25, 0.3) is 0 Å². The lowest BCUT2D eigenvalue weighted by molar-refractivity contribution is 0.0506. The molecule has 2 unspecified atom stereocenters. The van der Waals surface area contributed by atoms with Gasteiger partial charge < -0.3 is 10.1 Å². The lowest BCUT2D eigenvalue weighted by atomic mass is 9.82. The molecule has 18 heavy (non-hydrogen) atoms. The fourth-order valence-electron chi connectivity index (χ4n) is 2.89. The van der Waals surface area contributed by atoms with Gasteiger partial charge in [-0.25, -0.2) is 0 Å². The van der Waals surface area contributed by atoms with Crippen molar-refractivity contribution in [2.24, 2.45) is 5.92 Å². The second-order valence-corrected chi connectivity index (χ2v) is 5.08. The summed E-state index contributed by atoms with van der Waals surface area (Å²) in [6.45, 7) is 7.28. The Balaban J connectivity index is 2.08. The van der Waals surface area contributed by atoms with Crippen molar-refractivity contribution in [1.82, 2.24) is 10.3 Å². The Hall–Kier alpha value is -0.930. The zero-order valence-electron chi connectivity index (χ0n) is 11.4.